The number of halogens is 4. The lowest BCUT2D eigenvalue weighted by Crippen LogP contribution is -2.48. The Labute approximate surface area is 139 Å². The van der Waals surface area contributed by atoms with Crippen LogP contribution >= 0.6 is 12.4 Å². The Balaban J connectivity index is 0.00000264. The van der Waals surface area contributed by atoms with Crippen molar-refractivity contribution < 1.29 is 26.3 Å². The van der Waals surface area contributed by atoms with E-state index >= 15 is 0 Å². The number of sulfonamides is 1. The summed E-state index contributed by atoms with van der Waals surface area (Å²) in [5, 5.41) is 3.14. The summed E-state index contributed by atoms with van der Waals surface area (Å²) in [4.78, 5) is -0.322. The van der Waals surface area contributed by atoms with Gasteiger partial charge in [-0.3, -0.25) is 0 Å². The van der Waals surface area contributed by atoms with E-state index in [4.69, 9.17) is 0 Å². The summed E-state index contributed by atoms with van der Waals surface area (Å²) in [6.07, 6.45) is 0.620. The molecule has 5 nitrogen and oxygen atoms in total. The zero-order valence-corrected chi connectivity index (χ0v) is 13.9. The standard InChI is InChI=1S/C13H17F3N2O3S.ClH/c1-8-7-17-5-4-11(8)18-22(19,20)9-2-3-12(10(14)6-9)21-13(15)16;/h2-3,6,8,11,13,17-18H,4-5,7H2,1H3;1H. The van der Waals surface area contributed by atoms with Crippen molar-refractivity contribution in [1.82, 2.24) is 10.0 Å². The number of hydrogen-bond donors (Lipinski definition) is 2. The summed E-state index contributed by atoms with van der Waals surface area (Å²) in [7, 11) is -3.92. The molecule has 2 rings (SSSR count). The van der Waals surface area contributed by atoms with Crippen LogP contribution in [0.5, 0.6) is 5.75 Å². The molecule has 1 aromatic carbocycles. The molecule has 23 heavy (non-hydrogen) atoms. The van der Waals surface area contributed by atoms with Gasteiger partial charge in [0.15, 0.2) is 11.6 Å². The average Bonchev–Trinajstić information content (AvgIpc) is 2.43. The van der Waals surface area contributed by atoms with Gasteiger partial charge in [-0.2, -0.15) is 8.78 Å². The molecule has 10 heteroatoms. The van der Waals surface area contributed by atoms with Crippen LogP contribution in [-0.2, 0) is 10.0 Å². The summed E-state index contributed by atoms with van der Waals surface area (Å²) in [6.45, 7) is 0.0978. The van der Waals surface area contributed by atoms with Gasteiger partial charge in [0.2, 0.25) is 10.0 Å². The molecule has 0 aliphatic carbocycles. The van der Waals surface area contributed by atoms with E-state index < -0.39 is 28.2 Å². The Morgan fingerprint density at radius 2 is 2.09 bits per heavy atom. The summed E-state index contributed by atoms with van der Waals surface area (Å²) >= 11 is 0. The fourth-order valence-electron chi connectivity index (χ4n) is 2.30. The summed E-state index contributed by atoms with van der Waals surface area (Å²) in [5.41, 5.74) is 0. The molecule has 0 saturated carbocycles. The predicted molar refractivity (Wildman–Crippen MR) is 81.0 cm³/mol. The van der Waals surface area contributed by atoms with Gasteiger partial charge in [-0.25, -0.2) is 17.5 Å². The number of rotatable bonds is 5. The van der Waals surface area contributed by atoms with Gasteiger partial charge in [-0.05, 0) is 43.6 Å². The third-order valence-corrected chi connectivity index (χ3v) is 5.01. The van der Waals surface area contributed by atoms with Crippen LogP contribution in [0.1, 0.15) is 13.3 Å². The van der Waals surface area contributed by atoms with Crippen molar-refractivity contribution in [2.45, 2.75) is 30.9 Å². The third kappa shape index (κ3) is 5.23. The van der Waals surface area contributed by atoms with Crippen molar-refractivity contribution in [3.8, 4) is 5.75 Å². The maximum absolute atomic E-state index is 13.6. The van der Waals surface area contributed by atoms with Crippen LogP contribution in [0.3, 0.4) is 0 Å². The number of ether oxygens (including phenoxy) is 1. The first-order chi connectivity index (χ1) is 10.3. The van der Waals surface area contributed by atoms with Crippen LogP contribution in [0.2, 0.25) is 0 Å². The van der Waals surface area contributed by atoms with Crippen LogP contribution < -0.4 is 14.8 Å². The lowest BCUT2D eigenvalue weighted by atomic mass is 9.97. The average molecular weight is 375 g/mol. The minimum atomic E-state index is -3.92. The Morgan fingerprint density at radius 3 is 2.65 bits per heavy atom. The SMILES string of the molecule is CC1CNCCC1NS(=O)(=O)c1ccc(OC(F)F)c(F)c1.Cl. The highest BCUT2D eigenvalue weighted by Crippen LogP contribution is 2.23. The highest BCUT2D eigenvalue weighted by molar-refractivity contribution is 7.89. The second-order valence-electron chi connectivity index (χ2n) is 5.17. The molecule has 1 fully saturated rings. The number of benzene rings is 1. The molecule has 0 amide bonds. The fraction of sp³-hybridized carbons (Fsp3) is 0.538. The monoisotopic (exact) mass is 374 g/mol. The summed E-state index contributed by atoms with van der Waals surface area (Å²) in [6, 6.07) is 2.33. The molecule has 2 N–H and O–H groups in total. The van der Waals surface area contributed by atoms with Crippen molar-refractivity contribution in [2.75, 3.05) is 13.1 Å². The Hall–Kier alpha value is -1.03. The molecule has 1 aliphatic rings. The molecule has 1 heterocycles. The Bertz CT molecular complexity index is 631. The molecular formula is C13H18ClF3N2O3S. The maximum Gasteiger partial charge on any atom is 0.387 e. The number of nitrogens with one attached hydrogen (secondary N) is 2. The summed E-state index contributed by atoms with van der Waals surface area (Å²) < 4.78 is 68.7. The second kappa shape index (κ2) is 8.18. The highest BCUT2D eigenvalue weighted by atomic mass is 35.5. The molecule has 1 aliphatic heterocycles. The van der Waals surface area contributed by atoms with Gasteiger partial charge in [0.05, 0.1) is 4.90 Å². The van der Waals surface area contributed by atoms with Gasteiger partial charge in [0.1, 0.15) is 0 Å². The smallest absolute Gasteiger partial charge is 0.387 e. The topological polar surface area (TPSA) is 67.4 Å². The normalized spacial score (nSPS) is 21.8. The van der Waals surface area contributed by atoms with Crippen molar-refractivity contribution >= 4 is 22.4 Å². The molecule has 2 atom stereocenters. The second-order valence-corrected chi connectivity index (χ2v) is 6.88. The molecule has 2 unspecified atom stereocenters. The molecule has 1 aromatic rings. The molecular weight excluding hydrogens is 357 g/mol. The first-order valence-electron chi connectivity index (χ1n) is 6.77. The Kier molecular flexibility index (Phi) is 7.12. The molecule has 0 bridgehead atoms. The predicted octanol–water partition coefficient (Wildman–Crippen LogP) is 2.13. The molecule has 0 aromatic heterocycles. The number of hydrogen-bond acceptors (Lipinski definition) is 4. The lowest BCUT2D eigenvalue weighted by molar-refractivity contribution is -0.0522. The van der Waals surface area contributed by atoms with Crippen LogP contribution in [0.15, 0.2) is 23.1 Å². The Morgan fingerprint density at radius 1 is 1.39 bits per heavy atom. The minimum Gasteiger partial charge on any atom is -0.432 e. The van der Waals surface area contributed by atoms with E-state index in [1.807, 2.05) is 6.92 Å². The van der Waals surface area contributed by atoms with Crippen molar-refractivity contribution in [3.63, 3.8) is 0 Å². The van der Waals surface area contributed by atoms with Crippen molar-refractivity contribution in [3.05, 3.63) is 24.0 Å². The summed E-state index contributed by atoms with van der Waals surface area (Å²) in [5.74, 6) is -1.75. The van der Waals surface area contributed by atoms with Gasteiger partial charge in [-0.1, -0.05) is 6.92 Å². The van der Waals surface area contributed by atoms with Gasteiger partial charge in [-0.15, -0.1) is 12.4 Å². The van der Waals surface area contributed by atoms with Crippen LogP contribution in [-0.4, -0.2) is 34.2 Å². The molecule has 0 spiro atoms. The molecule has 0 radical (unpaired) electrons. The van der Waals surface area contributed by atoms with E-state index in [0.717, 1.165) is 12.1 Å². The number of piperidine rings is 1. The van der Waals surface area contributed by atoms with Crippen LogP contribution in [0.25, 0.3) is 0 Å². The first kappa shape index (κ1) is 20.0. The van der Waals surface area contributed by atoms with Gasteiger partial charge in [0, 0.05) is 6.04 Å². The van der Waals surface area contributed by atoms with E-state index in [0.29, 0.717) is 25.6 Å². The highest BCUT2D eigenvalue weighted by Gasteiger charge is 2.27. The van der Waals surface area contributed by atoms with E-state index in [1.165, 1.54) is 0 Å². The minimum absolute atomic E-state index is 0. The van der Waals surface area contributed by atoms with E-state index in [2.05, 4.69) is 14.8 Å². The van der Waals surface area contributed by atoms with Crippen molar-refractivity contribution in [2.24, 2.45) is 5.92 Å². The zero-order chi connectivity index (χ0) is 16.3. The van der Waals surface area contributed by atoms with E-state index in [1.54, 1.807) is 0 Å². The van der Waals surface area contributed by atoms with Gasteiger partial charge >= 0.3 is 6.61 Å². The van der Waals surface area contributed by atoms with E-state index in [9.17, 15) is 21.6 Å². The first-order valence-corrected chi connectivity index (χ1v) is 8.25. The van der Waals surface area contributed by atoms with Crippen molar-refractivity contribution in [1.29, 1.82) is 0 Å². The van der Waals surface area contributed by atoms with Crippen LogP contribution in [0.4, 0.5) is 13.2 Å². The maximum atomic E-state index is 13.6. The molecule has 132 valence electrons. The third-order valence-electron chi connectivity index (χ3n) is 3.52. The quantitative estimate of drug-likeness (QED) is 0.828. The lowest BCUT2D eigenvalue weighted by Gasteiger charge is -2.29. The number of alkyl halides is 2. The zero-order valence-electron chi connectivity index (χ0n) is 12.3. The van der Waals surface area contributed by atoms with Gasteiger partial charge < -0.3 is 10.1 Å². The largest absolute Gasteiger partial charge is 0.432 e. The van der Waals surface area contributed by atoms with E-state index in [-0.39, 0.29) is 29.3 Å². The van der Waals surface area contributed by atoms with Gasteiger partial charge in [0.25, 0.3) is 0 Å². The van der Waals surface area contributed by atoms with Crippen LogP contribution in [0, 0.1) is 11.7 Å². The molecule has 1 saturated heterocycles. The fourth-order valence-corrected chi connectivity index (χ4v) is 3.69.